The summed E-state index contributed by atoms with van der Waals surface area (Å²) in [6, 6.07) is 19.7. The Hall–Kier alpha value is -3.44. The zero-order chi connectivity index (χ0) is 23.6. The number of nitrogens with one attached hydrogen (secondary N) is 1. The molecule has 0 amide bonds. The molecule has 0 spiro atoms. The number of quaternary nitrogens is 1. The van der Waals surface area contributed by atoms with Crippen molar-refractivity contribution in [2.45, 2.75) is 40.2 Å². The van der Waals surface area contributed by atoms with Crippen LogP contribution in [-0.4, -0.2) is 24.4 Å². The molecule has 0 unspecified atom stereocenters. The second kappa shape index (κ2) is 12.0. The van der Waals surface area contributed by atoms with Gasteiger partial charge in [-0.1, -0.05) is 61.9 Å². The average Bonchev–Trinajstić information content (AvgIpc) is 2.85. The van der Waals surface area contributed by atoms with Crippen LogP contribution in [0.25, 0.3) is 0 Å². The van der Waals surface area contributed by atoms with Gasteiger partial charge in [-0.15, -0.1) is 0 Å². The molecule has 0 radical (unpaired) electrons. The molecular weight excluding hydrogens is 410 g/mol. The molecule has 0 aliphatic carbocycles. The molecule has 5 nitrogen and oxygen atoms in total. The van der Waals surface area contributed by atoms with Crippen molar-refractivity contribution in [1.29, 1.82) is 5.41 Å². The summed E-state index contributed by atoms with van der Waals surface area (Å²) >= 11 is 0. The van der Waals surface area contributed by atoms with Crippen molar-refractivity contribution in [3.8, 4) is 11.8 Å². The third kappa shape index (κ3) is 6.30. The van der Waals surface area contributed by atoms with Gasteiger partial charge in [-0.05, 0) is 43.5 Å². The number of hydrogen-bond donors (Lipinski definition) is 2. The highest BCUT2D eigenvalue weighted by atomic mass is 16.5. The van der Waals surface area contributed by atoms with E-state index in [0.717, 1.165) is 35.2 Å². The van der Waals surface area contributed by atoms with Crippen LogP contribution >= 0.6 is 0 Å². The molecule has 0 fully saturated rings. The van der Waals surface area contributed by atoms with E-state index in [4.69, 9.17) is 14.9 Å². The Bertz CT molecular complexity index is 1110. The minimum Gasteiger partial charge on any atom is -0.473 e. The van der Waals surface area contributed by atoms with Gasteiger partial charge in [-0.25, -0.2) is 0 Å². The fraction of sp³-hybridized carbons (Fsp3) is 0.286. The quantitative estimate of drug-likeness (QED) is 0.238. The zero-order valence-electron chi connectivity index (χ0n) is 20.0. The largest absolute Gasteiger partial charge is 0.473 e. The number of rotatable bonds is 11. The van der Waals surface area contributed by atoms with Crippen LogP contribution in [-0.2, 0) is 6.61 Å². The number of benzene rings is 2. The third-order valence-electron chi connectivity index (χ3n) is 5.59. The molecule has 5 heteroatoms. The van der Waals surface area contributed by atoms with E-state index in [1.807, 2.05) is 73.9 Å². The molecule has 1 heterocycles. The first kappa shape index (κ1) is 24.2. The summed E-state index contributed by atoms with van der Waals surface area (Å²) in [5.74, 6) is 0.902. The van der Waals surface area contributed by atoms with Crippen molar-refractivity contribution in [3.05, 3.63) is 94.6 Å². The van der Waals surface area contributed by atoms with Crippen molar-refractivity contribution in [1.82, 2.24) is 4.98 Å². The first-order valence-electron chi connectivity index (χ1n) is 11.5. The van der Waals surface area contributed by atoms with Crippen LogP contribution in [0.3, 0.4) is 0 Å². The summed E-state index contributed by atoms with van der Waals surface area (Å²) in [5.41, 5.74) is 6.35. The number of pyridine rings is 1. The number of allylic oxidation sites excluding steroid dienone is 1. The predicted octanol–water partition coefficient (Wildman–Crippen LogP) is 5.34. The van der Waals surface area contributed by atoms with Crippen molar-refractivity contribution < 1.29 is 14.8 Å². The summed E-state index contributed by atoms with van der Waals surface area (Å²) in [6.45, 7) is 7.12. The normalized spacial score (nSPS) is 11.3. The highest BCUT2D eigenvalue weighted by Crippen LogP contribution is 2.27. The van der Waals surface area contributed by atoms with Gasteiger partial charge in [0.05, 0.1) is 23.9 Å². The van der Waals surface area contributed by atoms with Gasteiger partial charge < -0.3 is 14.8 Å². The first-order valence-corrected chi connectivity index (χ1v) is 11.5. The van der Waals surface area contributed by atoms with Crippen molar-refractivity contribution in [2.24, 2.45) is 0 Å². The minimum absolute atomic E-state index is 0.369. The Morgan fingerprint density at radius 1 is 1.00 bits per heavy atom. The minimum atomic E-state index is 0.369. The second-order valence-corrected chi connectivity index (χ2v) is 7.96. The van der Waals surface area contributed by atoms with E-state index in [-0.39, 0.29) is 0 Å². The Balaban J connectivity index is 1.92. The van der Waals surface area contributed by atoms with E-state index in [9.17, 15) is 0 Å². The summed E-state index contributed by atoms with van der Waals surface area (Å²) in [5, 5.41) is 11.0. The average molecular weight is 445 g/mol. The lowest BCUT2D eigenvalue weighted by Crippen LogP contribution is -2.73. The number of aromatic nitrogens is 1. The van der Waals surface area contributed by atoms with Crippen LogP contribution in [0.15, 0.2) is 72.3 Å². The molecule has 1 aromatic heterocycles. The van der Waals surface area contributed by atoms with Gasteiger partial charge in [0, 0.05) is 11.6 Å². The molecule has 0 bridgehead atoms. The standard InChI is InChI=1S/C28H33N3O2/c1-5-11-21(6-2)18-32-25-17-16-24(26(29)23-15-10-12-20(3)27(23)30-4)28(31-25)33-19-22-13-8-7-9-14-22/h6-10,12-17,29-30H,5,11,18-19H2,1-4H3/p+1/b21-6+,29-26?. The summed E-state index contributed by atoms with van der Waals surface area (Å²) in [4.78, 5) is 4.66. The highest BCUT2D eigenvalue weighted by Gasteiger charge is 2.19. The van der Waals surface area contributed by atoms with Crippen LogP contribution in [0.1, 0.15) is 48.9 Å². The second-order valence-electron chi connectivity index (χ2n) is 7.96. The number of para-hydroxylation sites is 1. The fourth-order valence-electron chi connectivity index (χ4n) is 3.74. The number of nitrogens with zero attached hydrogens (tertiary/aromatic N) is 1. The number of hydrogen-bond acceptors (Lipinski definition) is 4. The van der Waals surface area contributed by atoms with E-state index in [1.165, 1.54) is 5.57 Å². The van der Waals surface area contributed by atoms with Crippen molar-refractivity contribution in [2.75, 3.05) is 13.7 Å². The fourth-order valence-corrected chi connectivity index (χ4v) is 3.74. The van der Waals surface area contributed by atoms with Gasteiger partial charge in [-0.3, -0.25) is 5.41 Å². The molecule has 0 atom stereocenters. The van der Waals surface area contributed by atoms with E-state index in [0.29, 0.717) is 36.2 Å². The highest BCUT2D eigenvalue weighted by molar-refractivity contribution is 6.14. The predicted molar refractivity (Wildman–Crippen MR) is 134 cm³/mol. The summed E-state index contributed by atoms with van der Waals surface area (Å²) in [6.07, 6.45) is 4.17. The molecule has 2 aromatic carbocycles. The molecule has 3 aromatic rings. The maximum atomic E-state index is 8.97. The van der Waals surface area contributed by atoms with E-state index in [1.54, 1.807) is 0 Å². The summed E-state index contributed by atoms with van der Waals surface area (Å²) in [7, 11) is 2.00. The third-order valence-corrected chi connectivity index (χ3v) is 5.59. The lowest BCUT2D eigenvalue weighted by Gasteiger charge is -2.15. The van der Waals surface area contributed by atoms with Crippen LogP contribution in [0.5, 0.6) is 11.8 Å². The van der Waals surface area contributed by atoms with Gasteiger partial charge in [0.2, 0.25) is 11.8 Å². The molecule has 3 N–H and O–H groups in total. The van der Waals surface area contributed by atoms with Gasteiger partial charge in [0.25, 0.3) is 0 Å². The molecule has 0 saturated heterocycles. The summed E-state index contributed by atoms with van der Waals surface area (Å²) < 4.78 is 12.1. The maximum absolute atomic E-state index is 8.97. The van der Waals surface area contributed by atoms with E-state index in [2.05, 4.69) is 31.0 Å². The number of aryl methyl sites for hydroxylation is 1. The van der Waals surface area contributed by atoms with E-state index >= 15 is 0 Å². The Kier molecular flexibility index (Phi) is 8.79. The van der Waals surface area contributed by atoms with Crippen LogP contribution in [0.2, 0.25) is 0 Å². The van der Waals surface area contributed by atoms with Gasteiger partial charge in [-0.2, -0.15) is 4.98 Å². The molecule has 0 aliphatic rings. The molecule has 33 heavy (non-hydrogen) atoms. The Morgan fingerprint density at radius 2 is 1.79 bits per heavy atom. The Morgan fingerprint density at radius 3 is 2.48 bits per heavy atom. The van der Waals surface area contributed by atoms with Crippen molar-refractivity contribution in [3.63, 3.8) is 0 Å². The van der Waals surface area contributed by atoms with Crippen molar-refractivity contribution >= 4 is 11.4 Å². The molecule has 172 valence electrons. The zero-order valence-corrected chi connectivity index (χ0v) is 20.0. The van der Waals surface area contributed by atoms with Gasteiger partial charge in [0.1, 0.15) is 18.9 Å². The number of nitrogens with two attached hydrogens (primary N) is 1. The molecule has 0 saturated carbocycles. The first-order chi connectivity index (χ1) is 16.1. The van der Waals surface area contributed by atoms with E-state index < -0.39 is 0 Å². The lowest BCUT2D eigenvalue weighted by atomic mass is 9.99. The van der Waals surface area contributed by atoms with Crippen LogP contribution < -0.4 is 14.8 Å². The lowest BCUT2D eigenvalue weighted by molar-refractivity contribution is -0.540. The molecule has 3 rings (SSSR count). The SMILES string of the molecule is C/C=C(\CCC)COc1ccc(C(=N)c2cccc(C)c2[NH2+]C)c(OCc2ccccc2)n1. The monoisotopic (exact) mass is 444 g/mol. The topological polar surface area (TPSA) is 71.8 Å². The van der Waals surface area contributed by atoms with Gasteiger partial charge in [0.15, 0.2) is 0 Å². The maximum Gasteiger partial charge on any atom is 0.226 e. The Labute approximate surface area is 197 Å². The number of ether oxygens (including phenoxy) is 2. The van der Waals surface area contributed by atoms with Crippen LogP contribution in [0.4, 0.5) is 5.69 Å². The smallest absolute Gasteiger partial charge is 0.226 e. The molecule has 0 aliphatic heterocycles. The van der Waals surface area contributed by atoms with Crippen LogP contribution in [0, 0.1) is 12.3 Å². The molecular formula is C28H34N3O2+. The van der Waals surface area contributed by atoms with Gasteiger partial charge >= 0.3 is 0 Å².